The van der Waals surface area contributed by atoms with Crippen molar-refractivity contribution < 1.29 is 0 Å². The van der Waals surface area contributed by atoms with Gasteiger partial charge in [-0.1, -0.05) is 18.2 Å². The largest absolute Gasteiger partial charge is 0.268 e. The van der Waals surface area contributed by atoms with Gasteiger partial charge in [-0.05, 0) is 23.6 Å². The predicted molar refractivity (Wildman–Crippen MR) is 65.2 cm³/mol. The maximum atomic E-state index is 12.1. The van der Waals surface area contributed by atoms with Crippen LogP contribution in [-0.4, -0.2) is 9.55 Å². The van der Waals surface area contributed by atoms with E-state index in [1.165, 1.54) is 11.3 Å². The Morgan fingerprint density at radius 1 is 1.12 bits per heavy atom. The van der Waals surface area contributed by atoms with Crippen molar-refractivity contribution in [2.75, 3.05) is 0 Å². The summed E-state index contributed by atoms with van der Waals surface area (Å²) in [6.07, 6.45) is 1.58. The standard InChI is InChI=1S/C12H8N2OS/c15-12-10-6-7-16-11(10)13-8-14(12)9-4-2-1-3-5-9/h1-8H. The van der Waals surface area contributed by atoms with Crippen LogP contribution in [0.1, 0.15) is 0 Å². The molecule has 0 aliphatic carbocycles. The molecule has 0 atom stereocenters. The van der Waals surface area contributed by atoms with Gasteiger partial charge < -0.3 is 0 Å². The molecule has 0 spiro atoms. The highest BCUT2D eigenvalue weighted by atomic mass is 32.1. The average Bonchev–Trinajstić information content (AvgIpc) is 2.80. The van der Waals surface area contributed by atoms with Crippen LogP contribution in [0.4, 0.5) is 0 Å². The van der Waals surface area contributed by atoms with Gasteiger partial charge in [0.15, 0.2) is 0 Å². The fourth-order valence-corrected chi connectivity index (χ4v) is 2.35. The smallest absolute Gasteiger partial charge is 0.266 e. The van der Waals surface area contributed by atoms with Gasteiger partial charge in [0.05, 0.1) is 11.1 Å². The first-order valence-electron chi connectivity index (χ1n) is 4.86. The molecule has 0 saturated heterocycles. The number of aromatic nitrogens is 2. The van der Waals surface area contributed by atoms with Gasteiger partial charge in [-0.3, -0.25) is 9.36 Å². The van der Waals surface area contributed by atoms with Gasteiger partial charge >= 0.3 is 0 Å². The van der Waals surface area contributed by atoms with Crippen LogP contribution >= 0.6 is 11.3 Å². The zero-order chi connectivity index (χ0) is 11.0. The van der Waals surface area contributed by atoms with Crippen LogP contribution in [0.3, 0.4) is 0 Å². The molecule has 0 aliphatic heterocycles. The monoisotopic (exact) mass is 228 g/mol. The van der Waals surface area contributed by atoms with E-state index in [-0.39, 0.29) is 5.56 Å². The molecule has 4 heteroatoms. The summed E-state index contributed by atoms with van der Waals surface area (Å²) in [4.78, 5) is 17.2. The molecular weight excluding hydrogens is 220 g/mol. The highest BCUT2D eigenvalue weighted by molar-refractivity contribution is 7.16. The maximum Gasteiger partial charge on any atom is 0.266 e. The minimum atomic E-state index is -0.0162. The first-order valence-corrected chi connectivity index (χ1v) is 5.74. The number of hydrogen-bond donors (Lipinski definition) is 0. The number of thiophene rings is 1. The topological polar surface area (TPSA) is 34.9 Å². The summed E-state index contributed by atoms with van der Waals surface area (Å²) in [6.45, 7) is 0. The Hall–Kier alpha value is -1.94. The molecule has 2 heterocycles. The molecule has 0 aliphatic rings. The van der Waals surface area contributed by atoms with Crippen molar-refractivity contribution in [3.8, 4) is 5.69 Å². The number of hydrogen-bond acceptors (Lipinski definition) is 3. The van der Waals surface area contributed by atoms with Crippen LogP contribution < -0.4 is 5.56 Å². The molecule has 0 N–H and O–H groups in total. The lowest BCUT2D eigenvalue weighted by atomic mass is 10.3. The van der Waals surface area contributed by atoms with Gasteiger partial charge in [0.1, 0.15) is 11.2 Å². The number of fused-ring (bicyclic) bond motifs is 1. The van der Waals surface area contributed by atoms with Gasteiger partial charge in [0, 0.05) is 0 Å². The van der Waals surface area contributed by atoms with E-state index in [2.05, 4.69) is 4.98 Å². The molecule has 0 unspecified atom stereocenters. The van der Waals surface area contributed by atoms with Gasteiger partial charge in [-0.2, -0.15) is 0 Å². The third kappa shape index (κ3) is 1.35. The Morgan fingerprint density at radius 2 is 1.94 bits per heavy atom. The zero-order valence-corrected chi connectivity index (χ0v) is 9.15. The summed E-state index contributed by atoms with van der Waals surface area (Å²) in [7, 11) is 0. The summed E-state index contributed by atoms with van der Waals surface area (Å²) < 4.78 is 1.56. The van der Waals surface area contributed by atoms with E-state index in [4.69, 9.17) is 0 Å². The molecule has 78 valence electrons. The van der Waals surface area contributed by atoms with Crippen LogP contribution in [0, 0.1) is 0 Å². The molecule has 0 fully saturated rings. The van der Waals surface area contributed by atoms with Gasteiger partial charge in [0.25, 0.3) is 5.56 Å². The van der Waals surface area contributed by atoms with E-state index in [9.17, 15) is 4.79 Å². The van der Waals surface area contributed by atoms with Crippen LogP contribution in [-0.2, 0) is 0 Å². The van der Waals surface area contributed by atoms with Crippen LogP contribution in [0.25, 0.3) is 15.9 Å². The molecule has 1 aromatic carbocycles. The van der Waals surface area contributed by atoms with E-state index in [1.807, 2.05) is 41.8 Å². The van der Waals surface area contributed by atoms with Crippen LogP contribution in [0.15, 0.2) is 52.9 Å². The second-order valence-corrected chi connectivity index (χ2v) is 4.29. The molecule has 16 heavy (non-hydrogen) atoms. The Kier molecular flexibility index (Phi) is 2.08. The lowest BCUT2D eigenvalue weighted by Gasteiger charge is -2.03. The fraction of sp³-hybridized carbons (Fsp3) is 0. The van der Waals surface area contributed by atoms with Gasteiger partial charge in [0.2, 0.25) is 0 Å². The third-order valence-electron chi connectivity index (χ3n) is 2.42. The lowest BCUT2D eigenvalue weighted by molar-refractivity contribution is 0.966. The van der Waals surface area contributed by atoms with E-state index in [0.717, 1.165) is 10.5 Å². The predicted octanol–water partition coefficient (Wildman–Crippen LogP) is 2.45. The SMILES string of the molecule is O=c1c2ccsc2ncn1-c1ccccc1. The molecule has 3 rings (SSSR count). The highest BCUT2D eigenvalue weighted by Gasteiger charge is 2.05. The van der Waals surface area contributed by atoms with Crippen molar-refractivity contribution in [3.05, 3.63) is 58.5 Å². The van der Waals surface area contributed by atoms with Crippen LogP contribution in [0.5, 0.6) is 0 Å². The minimum absolute atomic E-state index is 0.0162. The molecular formula is C12H8N2OS. The molecule has 3 nitrogen and oxygen atoms in total. The van der Waals surface area contributed by atoms with E-state index < -0.39 is 0 Å². The summed E-state index contributed by atoms with van der Waals surface area (Å²) in [5, 5.41) is 2.56. The quantitative estimate of drug-likeness (QED) is 0.641. The number of nitrogens with zero attached hydrogens (tertiary/aromatic N) is 2. The highest BCUT2D eigenvalue weighted by Crippen LogP contribution is 2.14. The molecule has 0 radical (unpaired) electrons. The van der Waals surface area contributed by atoms with Crippen LogP contribution in [0.2, 0.25) is 0 Å². The Morgan fingerprint density at radius 3 is 2.75 bits per heavy atom. The number of rotatable bonds is 1. The van der Waals surface area contributed by atoms with E-state index in [1.54, 1.807) is 10.9 Å². The van der Waals surface area contributed by atoms with Crippen molar-refractivity contribution in [2.24, 2.45) is 0 Å². The van der Waals surface area contributed by atoms with E-state index >= 15 is 0 Å². The average molecular weight is 228 g/mol. The fourth-order valence-electron chi connectivity index (χ4n) is 1.63. The van der Waals surface area contributed by atoms with Crippen molar-refractivity contribution in [1.29, 1.82) is 0 Å². The zero-order valence-electron chi connectivity index (χ0n) is 8.33. The maximum absolute atomic E-state index is 12.1. The Bertz CT molecular complexity index is 685. The molecule has 0 bridgehead atoms. The van der Waals surface area contributed by atoms with Gasteiger partial charge in [-0.25, -0.2) is 4.98 Å². The van der Waals surface area contributed by atoms with Crippen molar-refractivity contribution in [1.82, 2.24) is 9.55 Å². The van der Waals surface area contributed by atoms with E-state index in [0.29, 0.717) is 5.39 Å². The van der Waals surface area contributed by atoms with Gasteiger partial charge in [-0.15, -0.1) is 11.3 Å². The first kappa shape index (κ1) is 9.30. The van der Waals surface area contributed by atoms with Crippen molar-refractivity contribution in [3.63, 3.8) is 0 Å². The van der Waals surface area contributed by atoms with Crippen molar-refractivity contribution in [2.45, 2.75) is 0 Å². The van der Waals surface area contributed by atoms with Crippen molar-refractivity contribution >= 4 is 21.6 Å². The molecule has 2 aromatic heterocycles. The Labute approximate surface area is 95.6 Å². The first-order chi connectivity index (χ1) is 7.86. The summed E-state index contributed by atoms with van der Waals surface area (Å²) >= 11 is 1.48. The lowest BCUT2D eigenvalue weighted by Crippen LogP contribution is -2.17. The summed E-state index contributed by atoms with van der Waals surface area (Å²) in [6, 6.07) is 11.3. The Balaban J connectivity index is 2.33. The second-order valence-electron chi connectivity index (χ2n) is 3.39. The number of para-hydroxylation sites is 1. The number of benzene rings is 1. The summed E-state index contributed by atoms with van der Waals surface area (Å²) in [5.74, 6) is 0. The molecule has 3 aromatic rings. The molecule has 0 saturated carbocycles. The second kappa shape index (κ2) is 3.57. The summed E-state index contributed by atoms with van der Waals surface area (Å²) in [5.41, 5.74) is 0.825. The third-order valence-corrected chi connectivity index (χ3v) is 3.24. The molecule has 0 amide bonds. The minimum Gasteiger partial charge on any atom is -0.268 e. The normalized spacial score (nSPS) is 10.8.